The summed E-state index contributed by atoms with van der Waals surface area (Å²) in [6, 6.07) is 0. The zero-order valence-corrected chi connectivity index (χ0v) is 15.4. The molecule has 0 heterocycles. The molecular formula is C20H42O. The van der Waals surface area contributed by atoms with Crippen molar-refractivity contribution >= 4 is 0 Å². The molecule has 3 atom stereocenters. The van der Waals surface area contributed by atoms with Crippen LogP contribution in [0.2, 0.25) is 0 Å². The number of hydrogen-bond donors (Lipinski definition) is 1. The summed E-state index contributed by atoms with van der Waals surface area (Å²) < 4.78 is 0. The van der Waals surface area contributed by atoms with E-state index in [0.717, 1.165) is 11.8 Å². The highest BCUT2D eigenvalue weighted by Crippen LogP contribution is 2.24. The smallest absolute Gasteiger partial charge is 0.0459 e. The first-order valence-electron chi connectivity index (χ1n) is 9.74. The summed E-state index contributed by atoms with van der Waals surface area (Å²) in [4.78, 5) is 0. The van der Waals surface area contributed by atoms with Crippen molar-refractivity contribution < 1.29 is 5.11 Å². The van der Waals surface area contributed by atoms with Crippen LogP contribution in [0.4, 0.5) is 0 Å². The first-order valence-corrected chi connectivity index (χ1v) is 9.74. The van der Waals surface area contributed by atoms with E-state index < -0.39 is 0 Å². The van der Waals surface area contributed by atoms with Crippen molar-refractivity contribution in [2.24, 2.45) is 17.8 Å². The van der Waals surface area contributed by atoms with Gasteiger partial charge in [-0.3, -0.25) is 0 Å². The highest BCUT2D eigenvalue weighted by molar-refractivity contribution is 4.66. The van der Waals surface area contributed by atoms with Gasteiger partial charge in [0, 0.05) is 6.61 Å². The third kappa shape index (κ3) is 13.4. The maximum Gasteiger partial charge on any atom is 0.0459 e. The van der Waals surface area contributed by atoms with Crippen molar-refractivity contribution in [2.75, 3.05) is 6.61 Å². The van der Waals surface area contributed by atoms with Gasteiger partial charge in [-0.15, -0.1) is 0 Å². The van der Waals surface area contributed by atoms with Gasteiger partial charge in [0.2, 0.25) is 0 Å². The quantitative estimate of drug-likeness (QED) is 0.338. The number of aliphatic hydroxyl groups is 1. The molecule has 0 aliphatic rings. The van der Waals surface area contributed by atoms with Gasteiger partial charge in [0.15, 0.2) is 0 Å². The van der Waals surface area contributed by atoms with Crippen molar-refractivity contribution in [1.82, 2.24) is 0 Å². The van der Waals surface area contributed by atoms with Gasteiger partial charge in [-0.25, -0.2) is 0 Å². The molecule has 0 spiro atoms. The molecule has 0 aromatic rings. The molecular weight excluding hydrogens is 256 g/mol. The lowest BCUT2D eigenvalue weighted by molar-refractivity contribution is 0.185. The average molecular weight is 299 g/mol. The molecule has 0 radical (unpaired) electrons. The number of aliphatic hydroxyl groups excluding tert-OH is 1. The van der Waals surface area contributed by atoms with Crippen LogP contribution in [-0.4, -0.2) is 11.7 Å². The fraction of sp³-hybridized carbons (Fsp3) is 1.00. The Morgan fingerprint density at radius 2 is 1.29 bits per heavy atom. The Kier molecular flexibility index (Phi) is 14.9. The first-order chi connectivity index (χ1) is 10.1. The molecule has 128 valence electrons. The molecule has 1 nitrogen and oxygen atoms in total. The standard InChI is InChI=1S/C20H42O/c1-5-7-8-9-10-11-12-13-14-20(17-21)16-19(4)15-18(3)6-2/h18-21H,5-17H2,1-4H3. The Morgan fingerprint density at radius 1 is 0.714 bits per heavy atom. The normalized spacial score (nSPS) is 15.9. The van der Waals surface area contributed by atoms with Crippen LogP contribution in [-0.2, 0) is 0 Å². The van der Waals surface area contributed by atoms with Crippen molar-refractivity contribution in [3.05, 3.63) is 0 Å². The lowest BCUT2D eigenvalue weighted by Crippen LogP contribution is -2.13. The van der Waals surface area contributed by atoms with Crippen LogP contribution in [0.25, 0.3) is 0 Å². The molecule has 0 bridgehead atoms. The van der Waals surface area contributed by atoms with Crippen molar-refractivity contribution in [2.45, 2.75) is 105 Å². The molecule has 0 aliphatic heterocycles. The monoisotopic (exact) mass is 298 g/mol. The van der Waals surface area contributed by atoms with Crippen molar-refractivity contribution in [1.29, 1.82) is 0 Å². The van der Waals surface area contributed by atoms with Gasteiger partial charge in [-0.1, -0.05) is 85.5 Å². The highest BCUT2D eigenvalue weighted by Gasteiger charge is 2.14. The third-order valence-electron chi connectivity index (χ3n) is 4.96. The van der Waals surface area contributed by atoms with E-state index in [1.165, 1.54) is 77.0 Å². The van der Waals surface area contributed by atoms with Crippen LogP contribution >= 0.6 is 0 Å². The zero-order valence-electron chi connectivity index (χ0n) is 15.4. The molecule has 0 aliphatic carbocycles. The fourth-order valence-electron chi connectivity index (χ4n) is 3.37. The predicted octanol–water partition coefficient (Wildman–Crippen LogP) is 6.59. The molecule has 21 heavy (non-hydrogen) atoms. The van der Waals surface area contributed by atoms with Gasteiger partial charge in [0.1, 0.15) is 0 Å². The van der Waals surface area contributed by atoms with Gasteiger partial charge in [0.05, 0.1) is 0 Å². The number of unbranched alkanes of at least 4 members (excludes halogenated alkanes) is 7. The van der Waals surface area contributed by atoms with Gasteiger partial charge >= 0.3 is 0 Å². The maximum absolute atomic E-state index is 9.57. The minimum absolute atomic E-state index is 0.390. The zero-order chi connectivity index (χ0) is 15.9. The summed E-state index contributed by atoms with van der Waals surface area (Å²) in [7, 11) is 0. The van der Waals surface area contributed by atoms with Crippen LogP contribution < -0.4 is 0 Å². The minimum Gasteiger partial charge on any atom is -0.396 e. The van der Waals surface area contributed by atoms with E-state index in [2.05, 4.69) is 27.7 Å². The summed E-state index contributed by atoms with van der Waals surface area (Å²) >= 11 is 0. The second-order valence-corrected chi connectivity index (χ2v) is 7.40. The average Bonchev–Trinajstić information content (AvgIpc) is 2.48. The molecule has 0 fully saturated rings. The van der Waals surface area contributed by atoms with Gasteiger partial charge in [-0.05, 0) is 37.0 Å². The lowest BCUT2D eigenvalue weighted by atomic mass is 9.86. The van der Waals surface area contributed by atoms with Crippen LogP contribution in [0.3, 0.4) is 0 Å². The van der Waals surface area contributed by atoms with E-state index in [1.54, 1.807) is 0 Å². The van der Waals surface area contributed by atoms with Crippen LogP contribution in [0.15, 0.2) is 0 Å². The first kappa shape index (κ1) is 21.0. The van der Waals surface area contributed by atoms with Crippen LogP contribution in [0.5, 0.6) is 0 Å². The largest absolute Gasteiger partial charge is 0.396 e. The van der Waals surface area contributed by atoms with E-state index in [0.29, 0.717) is 12.5 Å². The Balaban J connectivity index is 3.56. The summed E-state index contributed by atoms with van der Waals surface area (Å²) in [5, 5.41) is 9.57. The molecule has 0 saturated heterocycles. The van der Waals surface area contributed by atoms with E-state index >= 15 is 0 Å². The highest BCUT2D eigenvalue weighted by atomic mass is 16.3. The topological polar surface area (TPSA) is 20.2 Å². The van der Waals surface area contributed by atoms with Crippen molar-refractivity contribution in [3.8, 4) is 0 Å². The Labute approximate surface area is 134 Å². The summed E-state index contributed by atoms with van der Waals surface area (Å²) in [6.07, 6.45) is 16.1. The summed E-state index contributed by atoms with van der Waals surface area (Å²) in [5.41, 5.74) is 0. The second kappa shape index (κ2) is 14.9. The molecule has 0 aromatic heterocycles. The lowest BCUT2D eigenvalue weighted by Gasteiger charge is -2.21. The number of hydrogen-bond acceptors (Lipinski definition) is 1. The van der Waals surface area contributed by atoms with E-state index in [-0.39, 0.29) is 0 Å². The summed E-state index contributed by atoms with van der Waals surface area (Å²) in [5.74, 6) is 2.15. The Hall–Kier alpha value is -0.0400. The minimum atomic E-state index is 0.390. The Morgan fingerprint density at radius 3 is 1.81 bits per heavy atom. The van der Waals surface area contributed by atoms with Crippen LogP contribution in [0.1, 0.15) is 105 Å². The third-order valence-corrected chi connectivity index (χ3v) is 4.96. The SMILES string of the molecule is CCCCCCCCCCC(CO)CC(C)CC(C)CC. The maximum atomic E-state index is 9.57. The van der Waals surface area contributed by atoms with E-state index in [9.17, 15) is 5.11 Å². The van der Waals surface area contributed by atoms with E-state index in [1.807, 2.05) is 0 Å². The second-order valence-electron chi connectivity index (χ2n) is 7.40. The predicted molar refractivity (Wildman–Crippen MR) is 95.7 cm³/mol. The van der Waals surface area contributed by atoms with Crippen LogP contribution in [0, 0.1) is 17.8 Å². The van der Waals surface area contributed by atoms with Gasteiger partial charge in [0.25, 0.3) is 0 Å². The van der Waals surface area contributed by atoms with Gasteiger partial charge < -0.3 is 5.11 Å². The van der Waals surface area contributed by atoms with Gasteiger partial charge in [-0.2, -0.15) is 0 Å². The molecule has 1 N–H and O–H groups in total. The fourth-order valence-corrected chi connectivity index (χ4v) is 3.37. The molecule has 0 aromatic carbocycles. The number of rotatable bonds is 15. The van der Waals surface area contributed by atoms with Crippen molar-refractivity contribution in [3.63, 3.8) is 0 Å². The molecule has 3 unspecified atom stereocenters. The molecule has 0 amide bonds. The van der Waals surface area contributed by atoms with E-state index in [4.69, 9.17) is 0 Å². The molecule has 0 rings (SSSR count). The Bertz CT molecular complexity index is 202. The molecule has 1 heteroatoms. The summed E-state index contributed by atoms with van der Waals surface area (Å²) in [6.45, 7) is 9.66. The molecule has 0 saturated carbocycles.